The van der Waals surface area contributed by atoms with Gasteiger partial charge in [-0.25, -0.2) is 9.97 Å². The highest BCUT2D eigenvalue weighted by Gasteiger charge is 2.18. The molecular weight excluding hydrogens is 216 g/mol. The van der Waals surface area contributed by atoms with Crippen LogP contribution in [0, 0.1) is 0 Å². The van der Waals surface area contributed by atoms with Gasteiger partial charge in [0, 0.05) is 6.54 Å². The highest BCUT2D eigenvalue weighted by atomic mass is 35.5. The van der Waals surface area contributed by atoms with Crippen molar-refractivity contribution >= 4 is 23.2 Å². The number of nitrogens with zero attached hydrogens (tertiary/aromatic N) is 2. The molecule has 15 heavy (non-hydrogen) atoms. The minimum Gasteiger partial charge on any atom is -0.388 e. The molecule has 0 fully saturated rings. The summed E-state index contributed by atoms with van der Waals surface area (Å²) in [5.74, 6) is 0.670. The van der Waals surface area contributed by atoms with Gasteiger partial charge in [-0.1, -0.05) is 18.5 Å². The third-order valence-electron chi connectivity index (χ3n) is 2.21. The maximum absolute atomic E-state index is 9.76. The molecule has 1 unspecified atom stereocenters. The second-order valence-electron chi connectivity index (χ2n) is 3.63. The molecule has 0 aliphatic carbocycles. The predicted molar refractivity (Wildman–Crippen MR) is 60.9 cm³/mol. The van der Waals surface area contributed by atoms with Gasteiger partial charge >= 0.3 is 0 Å². The number of halogens is 1. The number of nitrogens with one attached hydrogen (secondary N) is 1. The third kappa shape index (κ3) is 3.21. The highest BCUT2D eigenvalue weighted by Crippen LogP contribution is 2.23. The fourth-order valence-corrected chi connectivity index (χ4v) is 1.07. The first-order valence-corrected chi connectivity index (χ1v) is 5.06. The SMILES string of the molecule is CCC(C)(O)CNc1ncnc(N)c1Cl. The summed E-state index contributed by atoms with van der Waals surface area (Å²) in [5.41, 5.74) is 4.72. The molecular formula is C9H15ClN4O. The lowest BCUT2D eigenvalue weighted by Crippen LogP contribution is -2.32. The first-order chi connectivity index (χ1) is 6.96. The maximum Gasteiger partial charge on any atom is 0.150 e. The van der Waals surface area contributed by atoms with Crippen molar-refractivity contribution in [3.63, 3.8) is 0 Å². The number of anilines is 2. The average Bonchev–Trinajstić information content (AvgIpc) is 2.20. The van der Waals surface area contributed by atoms with E-state index in [1.54, 1.807) is 6.92 Å². The van der Waals surface area contributed by atoms with Crippen LogP contribution in [0.3, 0.4) is 0 Å². The van der Waals surface area contributed by atoms with Crippen LogP contribution in [0.25, 0.3) is 0 Å². The summed E-state index contributed by atoms with van der Waals surface area (Å²) in [6.07, 6.45) is 1.96. The minimum absolute atomic E-state index is 0.227. The van der Waals surface area contributed by atoms with Crippen molar-refractivity contribution in [2.75, 3.05) is 17.6 Å². The van der Waals surface area contributed by atoms with E-state index in [-0.39, 0.29) is 10.8 Å². The van der Waals surface area contributed by atoms with Crippen LogP contribution in [-0.2, 0) is 0 Å². The molecule has 1 heterocycles. The van der Waals surface area contributed by atoms with E-state index in [4.69, 9.17) is 17.3 Å². The topological polar surface area (TPSA) is 84.1 Å². The normalized spacial score (nSPS) is 14.7. The van der Waals surface area contributed by atoms with E-state index in [1.807, 2.05) is 6.92 Å². The third-order valence-corrected chi connectivity index (χ3v) is 2.59. The summed E-state index contributed by atoms with van der Waals surface area (Å²) in [5, 5.41) is 13.0. The van der Waals surface area contributed by atoms with Crippen LogP contribution in [-0.4, -0.2) is 27.2 Å². The Labute approximate surface area is 93.7 Å². The van der Waals surface area contributed by atoms with Crippen LogP contribution >= 0.6 is 11.6 Å². The zero-order valence-corrected chi connectivity index (χ0v) is 9.54. The van der Waals surface area contributed by atoms with E-state index < -0.39 is 5.60 Å². The van der Waals surface area contributed by atoms with Crippen LogP contribution in [0.4, 0.5) is 11.6 Å². The Morgan fingerprint density at radius 2 is 2.27 bits per heavy atom. The van der Waals surface area contributed by atoms with Gasteiger partial charge in [0.1, 0.15) is 17.2 Å². The van der Waals surface area contributed by atoms with E-state index in [2.05, 4.69) is 15.3 Å². The molecule has 1 aromatic heterocycles. The first kappa shape index (κ1) is 12.0. The van der Waals surface area contributed by atoms with Crippen molar-refractivity contribution in [1.82, 2.24) is 9.97 Å². The van der Waals surface area contributed by atoms with Gasteiger partial charge in [-0.2, -0.15) is 0 Å². The predicted octanol–water partition coefficient (Wildman–Crippen LogP) is 1.29. The number of nitrogens with two attached hydrogens (primary N) is 1. The molecule has 0 saturated heterocycles. The van der Waals surface area contributed by atoms with Crippen molar-refractivity contribution in [3.8, 4) is 0 Å². The number of hydrogen-bond acceptors (Lipinski definition) is 5. The van der Waals surface area contributed by atoms with Gasteiger partial charge in [0.25, 0.3) is 0 Å². The molecule has 0 saturated carbocycles. The van der Waals surface area contributed by atoms with Crippen molar-refractivity contribution < 1.29 is 5.11 Å². The lowest BCUT2D eigenvalue weighted by molar-refractivity contribution is 0.0696. The Bertz CT molecular complexity index is 343. The van der Waals surface area contributed by atoms with E-state index in [0.29, 0.717) is 18.8 Å². The first-order valence-electron chi connectivity index (χ1n) is 4.68. The van der Waals surface area contributed by atoms with E-state index in [1.165, 1.54) is 6.33 Å². The summed E-state index contributed by atoms with van der Waals surface area (Å²) in [7, 11) is 0. The van der Waals surface area contributed by atoms with Crippen molar-refractivity contribution in [3.05, 3.63) is 11.3 Å². The van der Waals surface area contributed by atoms with Crippen molar-refractivity contribution in [2.45, 2.75) is 25.9 Å². The van der Waals surface area contributed by atoms with Gasteiger partial charge in [0.2, 0.25) is 0 Å². The van der Waals surface area contributed by atoms with Gasteiger partial charge in [-0.05, 0) is 13.3 Å². The van der Waals surface area contributed by atoms with Gasteiger partial charge < -0.3 is 16.2 Å². The Hall–Kier alpha value is -1.07. The zero-order valence-electron chi connectivity index (χ0n) is 8.79. The fraction of sp³-hybridized carbons (Fsp3) is 0.556. The van der Waals surface area contributed by atoms with Gasteiger partial charge in [-0.3, -0.25) is 0 Å². The average molecular weight is 231 g/mol. The van der Waals surface area contributed by atoms with E-state index in [0.717, 1.165) is 0 Å². The number of hydrogen-bond donors (Lipinski definition) is 3. The van der Waals surface area contributed by atoms with Crippen molar-refractivity contribution in [1.29, 1.82) is 0 Å². The lowest BCUT2D eigenvalue weighted by atomic mass is 10.0. The number of rotatable bonds is 4. The van der Waals surface area contributed by atoms with Gasteiger partial charge in [0.15, 0.2) is 5.82 Å². The van der Waals surface area contributed by atoms with Crippen LogP contribution in [0.5, 0.6) is 0 Å². The van der Waals surface area contributed by atoms with E-state index in [9.17, 15) is 5.11 Å². The van der Waals surface area contributed by atoms with Gasteiger partial charge in [-0.15, -0.1) is 0 Å². The Morgan fingerprint density at radius 1 is 1.60 bits per heavy atom. The molecule has 6 heteroatoms. The number of aliphatic hydroxyl groups is 1. The Morgan fingerprint density at radius 3 is 2.87 bits per heavy atom. The van der Waals surface area contributed by atoms with Crippen LogP contribution < -0.4 is 11.1 Å². The molecule has 0 radical (unpaired) electrons. The van der Waals surface area contributed by atoms with Gasteiger partial charge in [0.05, 0.1) is 5.60 Å². The maximum atomic E-state index is 9.76. The summed E-state index contributed by atoms with van der Waals surface area (Å²) >= 11 is 5.87. The second-order valence-corrected chi connectivity index (χ2v) is 4.00. The number of nitrogen functional groups attached to an aromatic ring is 1. The second kappa shape index (κ2) is 4.63. The number of aromatic nitrogens is 2. The van der Waals surface area contributed by atoms with Crippen LogP contribution in [0.1, 0.15) is 20.3 Å². The molecule has 0 bridgehead atoms. The quantitative estimate of drug-likeness (QED) is 0.726. The summed E-state index contributed by atoms with van der Waals surface area (Å²) in [6.45, 7) is 4.00. The van der Waals surface area contributed by atoms with Crippen LogP contribution in [0.2, 0.25) is 5.02 Å². The highest BCUT2D eigenvalue weighted by molar-refractivity contribution is 6.35. The zero-order chi connectivity index (χ0) is 11.5. The molecule has 84 valence electrons. The summed E-state index contributed by atoms with van der Waals surface area (Å²) < 4.78 is 0. The molecule has 1 atom stereocenters. The molecule has 5 nitrogen and oxygen atoms in total. The molecule has 1 rings (SSSR count). The summed E-state index contributed by atoms with van der Waals surface area (Å²) in [4.78, 5) is 7.67. The molecule has 4 N–H and O–H groups in total. The Balaban J connectivity index is 2.70. The largest absolute Gasteiger partial charge is 0.388 e. The summed E-state index contributed by atoms with van der Waals surface area (Å²) in [6, 6.07) is 0. The van der Waals surface area contributed by atoms with Crippen LogP contribution in [0.15, 0.2) is 6.33 Å². The molecule has 0 amide bonds. The molecule has 0 aliphatic heterocycles. The lowest BCUT2D eigenvalue weighted by Gasteiger charge is -2.22. The standard InChI is InChI=1S/C9H15ClN4O/c1-3-9(2,15)4-12-8-6(10)7(11)13-5-14-8/h5,15H,3-4H2,1-2H3,(H3,11,12,13,14). The fourth-order valence-electron chi connectivity index (χ4n) is 0.906. The molecule has 0 spiro atoms. The molecule has 0 aromatic carbocycles. The molecule has 1 aromatic rings. The van der Waals surface area contributed by atoms with Crippen molar-refractivity contribution in [2.24, 2.45) is 0 Å². The van der Waals surface area contributed by atoms with E-state index >= 15 is 0 Å². The smallest absolute Gasteiger partial charge is 0.150 e. The minimum atomic E-state index is -0.789. The monoisotopic (exact) mass is 230 g/mol. The Kier molecular flexibility index (Phi) is 3.71. The molecule has 0 aliphatic rings.